The molecular weight excluding hydrogens is 276 g/mol. The first-order valence-electron chi connectivity index (χ1n) is 6.80. The van der Waals surface area contributed by atoms with Crippen molar-refractivity contribution >= 4 is 21.4 Å². The molecule has 110 valence electrons. The van der Waals surface area contributed by atoms with Crippen molar-refractivity contribution in [1.82, 2.24) is 5.32 Å². The van der Waals surface area contributed by atoms with Crippen molar-refractivity contribution in [3.8, 4) is 0 Å². The van der Waals surface area contributed by atoms with Crippen LogP contribution < -0.4 is 11.1 Å². The van der Waals surface area contributed by atoms with Crippen molar-refractivity contribution in [2.45, 2.75) is 30.9 Å². The minimum absolute atomic E-state index is 0.116. The van der Waals surface area contributed by atoms with Gasteiger partial charge in [0.05, 0.1) is 11.0 Å². The summed E-state index contributed by atoms with van der Waals surface area (Å²) in [6.45, 7) is 0.234. The number of rotatable bonds is 5. The van der Waals surface area contributed by atoms with Crippen LogP contribution in [0, 0.1) is 0 Å². The lowest BCUT2D eigenvalue weighted by Crippen LogP contribution is -2.34. The van der Waals surface area contributed by atoms with E-state index in [1.807, 2.05) is 18.2 Å². The summed E-state index contributed by atoms with van der Waals surface area (Å²) in [5, 5.41) is 2.31. The van der Waals surface area contributed by atoms with E-state index in [9.17, 15) is 13.2 Å². The molecule has 0 aromatic heterocycles. The van der Waals surface area contributed by atoms with E-state index in [2.05, 4.69) is 5.32 Å². The van der Waals surface area contributed by atoms with E-state index in [4.69, 9.17) is 5.73 Å². The Bertz CT molecular complexity index is 584. The standard InChI is InChI=1S/C14H20N2O3S/c15-12-4-1-3-11(9-12)6-7-14(17)16-10-13-5-2-8-20(13,18)19/h1,3-4,9,13H,2,5-8,10,15H2,(H,16,17). The number of hydrogen-bond acceptors (Lipinski definition) is 4. The van der Waals surface area contributed by atoms with Crippen LogP contribution in [-0.2, 0) is 21.1 Å². The summed E-state index contributed by atoms with van der Waals surface area (Å²) in [5.74, 6) is 0.131. The Morgan fingerprint density at radius 3 is 2.85 bits per heavy atom. The van der Waals surface area contributed by atoms with Crippen molar-refractivity contribution in [1.29, 1.82) is 0 Å². The predicted octanol–water partition coefficient (Wildman–Crippen LogP) is 0.895. The Balaban J connectivity index is 1.76. The molecule has 1 unspecified atom stereocenters. The lowest BCUT2D eigenvalue weighted by Gasteiger charge is -2.10. The third kappa shape index (κ3) is 3.96. The van der Waals surface area contributed by atoms with E-state index in [1.165, 1.54) is 0 Å². The summed E-state index contributed by atoms with van der Waals surface area (Å²) >= 11 is 0. The number of carbonyl (C=O) groups is 1. The van der Waals surface area contributed by atoms with Crippen LogP contribution in [0.15, 0.2) is 24.3 Å². The molecule has 1 aromatic rings. The van der Waals surface area contributed by atoms with Crippen LogP contribution in [0.2, 0.25) is 0 Å². The lowest BCUT2D eigenvalue weighted by molar-refractivity contribution is -0.121. The fourth-order valence-electron chi connectivity index (χ4n) is 2.41. The average molecular weight is 296 g/mol. The predicted molar refractivity (Wildman–Crippen MR) is 79.0 cm³/mol. The zero-order valence-electron chi connectivity index (χ0n) is 11.3. The van der Waals surface area contributed by atoms with Crippen molar-refractivity contribution in [2.24, 2.45) is 0 Å². The van der Waals surface area contributed by atoms with Gasteiger partial charge in [-0.2, -0.15) is 0 Å². The second-order valence-corrected chi connectivity index (χ2v) is 7.58. The highest BCUT2D eigenvalue weighted by Crippen LogP contribution is 2.19. The molecule has 0 saturated carbocycles. The summed E-state index contributed by atoms with van der Waals surface area (Å²) in [6, 6.07) is 7.42. The number of anilines is 1. The number of amides is 1. The zero-order valence-corrected chi connectivity index (χ0v) is 12.2. The van der Waals surface area contributed by atoms with Crippen molar-refractivity contribution in [3.63, 3.8) is 0 Å². The van der Waals surface area contributed by atoms with Gasteiger partial charge < -0.3 is 11.1 Å². The van der Waals surface area contributed by atoms with Crippen molar-refractivity contribution in [3.05, 3.63) is 29.8 Å². The normalized spacial score (nSPS) is 20.7. The van der Waals surface area contributed by atoms with Gasteiger partial charge in [0.2, 0.25) is 5.91 Å². The molecule has 1 aliphatic heterocycles. The first kappa shape index (κ1) is 14.8. The maximum atomic E-state index is 11.7. The fourth-order valence-corrected chi connectivity index (χ4v) is 4.18. The maximum absolute atomic E-state index is 11.7. The Labute approximate surface area is 119 Å². The summed E-state index contributed by atoms with van der Waals surface area (Å²) in [4.78, 5) is 11.7. The molecule has 5 nitrogen and oxygen atoms in total. The highest BCUT2D eigenvalue weighted by Gasteiger charge is 2.31. The molecule has 1 fully saturated rings. The molecule has 3 N–H and O–H groups in total. The Morgan fingerprint density at radius 2 is 2.20 bits per heavy atom. The molecule has 1 saturated heterocycles. The van der Waals surface area contributed by atoms with Gasteiger partial charge in [-0.25, -0.2) is 8.42 Å². The quantitative estimate of drug-likeness (QED) is 0.790. The highest BCUT2D eigenvalue weighted by atomic mass is 32.2. The van der Waals surface area contributed by atoms with Gasteiger partial charge in [0.1, 0.15) is 0 Å². The van der Waals surface area contributed by atoms with Gasteiger partial charge in [-0.3, -0.25) is 4.79 Å². The zero-order chi connectivity index (χ0) is 14.6. The van der Waals surface area contributed by atoms with E-state index in [0.29, 0.717) is 31.4 Å². The first-order valence-corrected chi connectivity index (χ1v) is 8.51. The van der Waals surface area contributed by atoms with E-state index >= 15 is 0 Å². The minimum atomic E-state index is -2.99. The van der Waals surface area contributed by atoms with Gasteiger partial charge in [0.15, 0.2) is 9.84 Å². The molecular formula is C14H20N2O3S. The van der Waals surface area contributed by atoms with Crippen LogP contribution in [0.1, 0.15) is 24.8 Å². The third-order valence-corrected chi connectivity index (χ3v) is 5.86. The Hall–Kier alpha value is -1.56. The molecule has 0 spiro atoms. The molecule has 0 bridgehead atoms. The monoisotopic (exact) mass is 296 g/mol. The number of carbonyl (C=O) groups excluding carboxylic acids is 1. The summed E-state index contributed by atoms with van der Waals surface area (Å²) in [5.41, 5.74) is 7.36. The van der Waals surface area contributed by atoms with Crippen LogP contribution in [0.5, 0.6) is 0 Å². The smallest absolute Gasteiger partial charge is 0.220 e. The SMILES string of the molecule is Nc1cccc(CCC(=O)NCC2CCCS2(=O)=O)c1. The molecule has 1 heterocycles. The van der Waals surface area contributed by atoms with Crippen molar-refractivity contribution in [2.75, 3.05) is 18.0 Å². The first-order chi connectivity index (χ1) is 9.47. The number of benzene rings is 1. The third-order valence-electron chi connectivity index (χ3n) is 3.58. The number of sulfone groups is 1. The summed E-state index contributed by atoms with van der Waals surface area (Å²) in [7, 11) is -2.99. The van der Waals surface area contributed by atoms with Gasteiger partial charge in [-0.15, -0.1) is 0 Å². The number of aryl methyl sites for hydroxylation is 1. The van der Waals surface area contributed by atoms with Crippen LogP contribution in [0.3, 0.4) is 0 Å². The van der Waals surface area contributed by atoms with Gasteiger partial charge in [0, 0.05) is 18.7 Å². The van der Waals surface area contributed by atoms with Crippen LogP contribution in [0.4, 0.5) is 5.69 Å². The molecule has 1 amide bonds. The number of hydrogen-bond donors (Lipinski definition) is 2. The molecule has 20 heavy (non-hydrogen) atoms. The van der Waals surface area contributed by atoms with E-state index < -0.39 is 15.1 Å². The second kappa shape index (κ2) is 6.26. The average Bonchev–Trinajstić information content (AvgIpc) is 2.73. The Morgan fingerprint density at radius 1 is 1.40 bits per heavy atom. The van der Waals surface area contributed by atoms with Crippen LogP contribution in [0.25, 0.3) is 0 Å². The summed E-state index contributed by atoms with van der Waals surface area (Å²) < 4.78 is 23.3. The Kier molecular flexibility index (Phi) is 4.65. The highest BCUT2D eigenvalue weighted by molar-refractivity contribution is 7.92. The van der Waals surface area contributed by atoms with Gasteiger partial charge in [0.25, 0.3) is 0 Å². The second-order valence-electron chi connectivity index (χ2n) is 5.18. The van der Waals surface area contributed by atoms with E-state index in [-0.39, 0.29) is 18.2 Å². The fraction of sp³-hybridized carbons (Fsp3) is 0.500. The topological polar surface area (TPSA) is 89.3 Å². The number of nitrogens with two attached hydrogens (primary N) is 1. The summed E-state index contributed by atoms with van der Waals surface area (Å²) in [6.07, 6.45) is 2.30. The minimum Gasteiger partial charge on any atom is -0.399 e. The number of nitrogens with one attached hydrogen (secondary N) is 1. The lowest BCUT2D eigenvalue weighted by atomic mass is 10.1. The molecule has 1 aromatic carbocycles. The molecule has 0 aliphatic carbocycles. The molecule has 6 heteroatoms. The molecule has 0 radical (unpaired) electrons. The molecule has 2 rings (SSSR count). The van der Waals surface area contributed by atoms with Gasteiger partial charge in [-0.1, -0.05) is 12.1 Å². The number of nitrogen functional groups attached to an aromatic ring is 1. The van der Waals surface area contributed by atoms with Gasteiger partial charge in [-0.05, 0) is 37.0 Å². The van der Waals surface area contributed by atoms with Crippen LogP contribution >= 0.6 is 0 Å². The van der Waals surface area contributed by atoms with Gasteiger partial charge >= 0.3 is 0 Å². The van der Waals surface area contributed by atoms with Crippen molar-refractivity contribution < 1.29 is 13.2 Å². The molecule has 1 atom stereocenters. The molecule has 1 aliphatic rings. The van der Waals surface area contributed by atoms with E-state index in [0.717, 1.165) is 5.56 Å². The van der Waals surface area contributed by atoms with E-state index in [1.54, 1.807) is 6.07 Å². The maximum Gasteiger partial charge on any atom is 0.220 e. The largest absolute Gasteiger partial charge is 0.399 e. The van der Waals surface area contributed by atoms with Crippen LogP contribution in [-0.4, -0.2) is 31.9 Å².